The van der Waals surface area contributed by atoms with Gasteiger partial charge >= 0.3 is 0 Å². The molecule has 1 saturated carbocycles. The van der Waals surface area contributed by atoms with Crippen LogP contribution in [0.2, 0.25) is 0 Å². The Kier molecular flexibility index (Phi) is 5.05. The summed E-state index contributed by atoms with van der Waals surface area (Å²) in [4.78, 5) is 15.4. The number of nitrogens with zero attached hydrogens (tertiary/aromatic N) is 1. The predicted molar refractivity (Wildman–Crippen MR) is 86.4 cm³/mol. The molecule has 1 amide bonds. The van der Waals surface area contributed by atoms with Gasteiger partial charge in [-0.15, -0.1) is 0 Å². The van der Waals surface area contributed by atoms with E-state index in [4.69, 9.17) is 18.0 Å². The van der Waals surface area contributed by atoms with Crippen molar-refractivity contribution in [3.63, 3.8) is 0 Å². The van der Waals surface area contributed by atoms with Crippen LogP contribution in [0.15, 0.2) is 0 Å². The first-order valence-corrected chi connectivity index (χ1v) is 8.55. The van der Waals surface area contributed by atoms with Gasteiger partial charge in [-0.3, -0.25) is 4.79 Å². The van der Waals surface area contributed by atoms with E-state index in [9.17, 15) is 4.79 Å². The Morgan fingerprint density at radius 3 is 2.35 bits per heavy atom. The van der Waals surface area contributed by atoms with Crippen molar-refractivity contribution in [1.29, 1.82) is 0 Å². The fourth-order valence-electron chi connectivity index (χ4n) is 4.09. The standard InChI is InChI=1S/C16H28N2OS/c1-3-16(4-2,14(17)20)15(19)18-10-9-12-7-5-6-8-13(12)11-18/h12-13H,3-11H2,1-2H3,(H2,17,20). The Bertz CT molecular complexity index is 379. The first-order chi connectivity index (χ1) is 9.55. The second-order valence-corrected chi connectivity index (χ2v) is 6.94. The highest BCUT2D eigenvalue weighted by Gasteiger charge is 2.43. The van der Waals surface area contributed by atoms with Gasteiger partial charge in [-0.25, -0.2) is 0 Å². The summed E-state index contributed by atoms with van der Waals surface area (Å²) in [5, 5.41) is 0. The van der Waals surface area contributed by atoms with Gasteiger partial charge in [-0.1, -0.05) is 45.3 Å². The molecule has 0 aromatic heterocycles. The lowest BCUT2D eigenvalue weighted by Gasteiger charge is -2.44. The summed E-state index contributed by atoms with van der Waals surface area (Å²) in [7, 11) is 0. The van der Waals surface area contributed by atoms with Gasteiger partial charge in [0.05, 0.1) is 10.4 Å². The van der Waals surface area contributed by atoms with Crippen LogP contribution < -0.4 is 5.73 Å². The molecule has 0 spiro atoms. The molecule has 2 atom stereocenters. The van der Waals surface area contributed by atoms with Crippen LogP contribution in [0.3, 0.4) is 0 Å². The average molecular weight is 296 g/mol. The van der Waals surface area contributed by atoms with Crippen molar-refractivity contribution in [2.75, 3.05) is 13.1 Å². The highest BCUT2D eigenvalue weighted by Crippen LogP contribution is 2.38. The van der Waals surface area contributed by atoms with E-state index >= 15 is 0 Å². The predicted octanol–water partition coefficient (Wildman–Crippen LogP) is 3.12. The van der Waals surface area contributed by atoms with Gasteiger partial charge in [0, 0.05) is 13.1 Å². The summed E-state index contributed by atoms with van der Waals surface area (Å²) in [6.45, 7) is 5.86. The minimum Gasteiger partial charge on any atom is -0.392 e. The van der Waals surface area contributed by atoms with Crippen LogP contribution >= 0.6 is 12.2 Å². The molecule has 2 aliphatic rings. The van der Waals surface area contributed by atoms with Crippen LogP contribution in [-0.4, -0.2) is 28.9 Å². The van der Waals surface area contributed by atoms with E-state index in [0.717, 1.165) is 25.4 Å². The molecule has 0 aromatic rings. The summed E-state index contributed by atoms with van der Waals surface area (Å²) in [5.41, 5.74) is 5.30. The van der Waals surface area contributed by atoms with Gasteiger partial charge in [-0.2, -0.15) is 0 Å². The summed E-state index contributed by atoms with van der Waals surface area (Å²) in [5.74, 6) is 1.73. The van der Waals surface area contributed by atoms with Crippen LogP contribution in [-0.2, 0) is 4.79 Å². The molecular formula is C16H28N2OS. The van der Waals surface area contributed by atoms with Crippen LogP contribution in [0.5, 0.6) is 0 Å². The highest BCUT2D eigenvalue weighted by molar-refractivity contribution is 7.80. The topological polar surface area (TPSA) is 46.3 Å². The van der Waals surface area contributed by atoms with Crippen molar-refractivity contribution in [3.8, 4) is 0 Å². The molecule has 2 unspecified atom stereocenters. The molecule has 114 valence electrons. The number of hydrogen-bond acceptors (Lipinski definition) is 2. The summed E-state index contributed by atoms with van der Waals surface area (Å²) >= 11 is 5.22. The normalized spacial score (nSPS) is 27.0. The number of carbonyl (C=O) groups excluding carboxylic acids is 1. The van der Waals surface area contributed by atoms with Crippen LogP contribution in [0.4, 0.5) is 0 Å². The molecule has 1 aliphatic heterocycles. The molecule has 1 heterocycles. The molecule has 0 bridgehead atoms. The van der Waals surface area contributed by atoms with Gasteiger partial charge in [-0.05, 0) is 37.5 Å². The van der Waals surface area contributed by atoms with E-state index < -0.39 is 5.41 Å². The van der Waals surface area contributed by atoms with E-state index in [1.165, 1.54) is 25.7 Å². The number of nitrogens with two attached hydrogens (primary N) is 1. The molecule has 0 radical (unpaired) electrons. The fraction of sp³-hybridized carbons (Fsp3) is 0.875. The van der Waals surface area contributed by atoms with Crippen molar-refractivity contribution >= 4 is 23.1 Å². The lowest BCUT2D eigenvalue weighted by atomic mass is 9.73. The van der Waals surface area contributed by atoms with E-state index in [1.807, 2.05) is 13.8 Å². The lowest BCUT2D eigenvalue weighted by Crippen LogP contribution is -2.54. The first kappa shape index (κ1) is 15.7. The number of carbonyl (C=O) groups is 1. The van der Waals surface area contributed by atoms with Gasteiger partial charge in [0.1, 0.15) is 0 Å². The van der Waals surface area contributed by atoms with Crippen molar-refractivity contribution < 1.29 is 4.79 Å². The number of amides is 1. The van der Waals surface area contributed by atoms with Gasteiger partial charge in [0.15, 0.2) is 0 Å². The van der Waals surface area contributed by atoms with Crippen molar-refractivity contribution in [3.05, 3.63) is 0 Å². The quantitative estimate of drug-likeness (QED) is 0.811. The smallest absolute Gasteiger partial charge is 0.235 e. The summed E-state index contributed by atoms with van der Waals surface area (Å²) in [6.07, 6.45) is 7.92. The first-order valence-electron chi connectivity index (χ1n) is 8.14. The third kappa shape index (κ3) is 2.72. The van der Waals surface area contributed by atoms with Crippen molar-refractivity contribution in [1.82, 2.24) is 4.90 Å². The molecule has 2 fully saturated rings. The lowest BCUT2D eigenvalue weighted by molar-refractivity contribution is -0.141. The molecule has 2 rings (SSSR count). The number of rotatable bonds is 4. The summed E-state index contributed by atoms with van der Waals surface area (Å²) in [6, 6.07) is 0. The molecule has 0 aromatic carbocycles. The second-order valence-electron chi connectivity index (χ2n) is 6.50. The Balaban J connectivity index is 2.10. The average Bonchev–Trinajstić information content (AvgIpc) is 2.48. The maximum atomic E-state index is 13.0. The molecule has 1 aliphatic carbocycles. The second kappa shape index (κ2) is 6.42. The van der Waals surface area contributed by atoms with Gasteiger partial charge in [0.2, 0.25) is 5.91 Å². The fourth-order valence-corrected chi connectivity index (χ4v) is 4.47. The molecular weight excluding hydrogens is 268 g/mol. The van der Waals surface area contributed by atoms with E-state index in [0.29, 0.717) is 23.7 Å². The zero-order valence-corrected chi connectivity index (χ0v) is 13.7. The van der Waals surface area contributed by atoms with E-state index in [-0.39, 0.29) is 5.91 Å². The minimum absolute atomic E-state index is 0.180. The molecule has 1 saturated heterocycles. The zero-order chi connectivity index (χ0) is 14.8. The highest BCUT2D eigenvalue weighted by atomic mass is 32.1. The third-order valence-electron chi connectivity index (χ3n) is 5.67. The van der Waals surface area contributed by atoms with Crippen LogP contribution in [0, 0.1) is 17.3 Å². The maximum absolute atomic E-state index is 13.0. The number of fused-ring (bicyclic) bond motifs is 1. The Morgan fingerprint density at radius 1 is 1.20 bits per heavy atom. The largest absolute Gasteiger partial charge is 0.392 e. The number of thiocarbonyl (C=S) groups is 1. The molecule has 4 heteroatoms. The maximum Gasteiger partial charge on any atom is 0.235 e. The summed E-state index contributed by atoms with van der Waals surface area (Å²) < 4.78 is 0. The molecule has 2 N–H and O–H groups in total. The van der Waals surface area contributed by atoms with E-state index in [1.54, 1.807) is 0 Å². The Labute approximate surface area is 128 Å². The molecule has 20 heavy (non-hydrogen) atoms. The van der Waals surface area contributed by atoms with Gasteiger partial charge in [0.25, 0.3) is 0 Å². The minimum atomic E-state index is -0.614. The molecule has 3 nitrogen and oxygen atoms in total. The number of piperidine rings is 1. The number of likely N-dealkylation sites (tertiary alicyclic amines) is 1. The zero-order valence-electron chi connectivity index (χ0n) is 12.9. The van der Waals surface area contributed by atoms with Crippen molar-refractivity contribution in [2.24, 2.45) is 23.0 Å². The van der Waals surface area contributed by atoms with Crippen LogP contribution in [0.25, 0.3) is 0 Å². The number of hydrogen-bond donors (Lipinski definition) is 1. The SMILES string of the molecule is CCC(CC)(C(=O)N1CCC2CCCCC2C1)C(N)=S. The Hall–Kier alpha value is -0.640. The third-order valence-corrected chi connectivity index (χ3v) is 6.06. The van der Waals surface area contributed by atoms with Gasteiger partial charge < -0.3 is 10.6 Å². The monoisotopic (exact) mass is 296 g/mol. The van der Waals surface area contributed by atoms with E-state index in [2.05, 4.69) is 4.90 Å². The van der Waals surface area contributed by atoms with Crippen LogP contribution in [0.1, 0.15) is 58.8 Å². The van der Waals surface area contributed by atoms with Crippen molar-refractivity contribution in [2.45, 2.75) is 58.8 Å². The Morgan fingerprint density at radius 2 is 1.80 bits per heavy atom.